The third-order valence-electron chi connectivity index (χ3n) is 5.92. The average molecular weight is 477 g/mol. The fraction of sp³-hybridized carbons (Fsp3) is 0.318. The van der Waals surface area contributed by atoms with Gasteiger partial charge in [0.25, 0.3) is 0 Å². The number of amides is 2. The molecule has 0 saturated heterocycles. The number of rotatable bonds is 3. The Bertz CT molecular complexity index is 1290. The molecule has 0 aromatic heterocycles. The van der Waals surface area contributed by atoms with Gasteiger partial charge < -0.3 is 5.32 Å². The predicted molar refractivity (Wildman–Crippen MR) is 112 cm³/mol. The van der Waals surface area contributed by atoms with E-state index in [0.29, 0.717) is 0 Å². The van der Waals surface area contributed by atoms with Gasteiger partial charge in [-0.2, -0.15) is 18.4 Å². The number of nitrogens with one attached hydrogen (secondary N) is 1. The molecule has 11 heteroatoms. The lowest BCUT2D eigenvalue weighted by Crippen LogP contribution is -2.56. The average Bonchev–Trinajstić information content (AvgIpc) is 3.13. The lowest BCUT2D eigenvalue weighted by Gasteiger charge is -2.39. The molecule has 0 bridgehead atoms. The molecule has 2 aliphatic carbocycles. The number of hydrogen-bond donors (Lipinski definition) is 1. The summed E-state index contributed by atoms with van der Waals surface area (Å²) in [7, 11) is -3.72. The summed E-state index contributed by atoms with van der Waals surface area (Å²) in [6, 6.07) is 4.34. The van der Waals surface area contributed by atoms with Gasteiger partial charge in [0.2, 0.25) is 0 Å². The van der Waals surface area contributed by atoms with E-state index in [-0.39, 0.29) is 41.2 Å². The Hall–Kier alpha value is -3.39. The van der Waals surface area contributed by atoms with Crippen molar-refractivity contribution in [3.05, 3.63) is 64.9 Å². The maximum absolute atomic E-state index is 13.2. The molecule has 3 aliphatic rings. The van der Waals surface area contributed by atoms with Crippen LogP contribution in [0.15, 0.2) is 59.3 Å². The van der Waals surface area contributed by atoms with Crippen LogP contribution in [0.5, 0.6) is 0 Å². The molecular weight excluding hydrogens is 459 g/mol. The van der Waals surface area contributed by atoms with Gasteiger partial charge in [0.05, 0.1) is 28.6 Å². The normalized spacial score (nSPS) is 25.5. The number of sulfone groups is 1. The number of carbonyl (C=O) groups is 2. The van der Waals surface area contributed by atoms with Gasteiger partial charge in [-0.25, -0.2) is 13.2 Å². The fourth-order valence-corrected chi connectivity index (χ4v) is 5.69. The van der Waals surface area contributed by atoms with E-state index >= 15 is 0 Å². The Morgan fingerprint density at radius 3 is 2.58 bits per heavy atom. The van der Waals surface area contributed by atoms with Crippen LogP contribution >= 0.6 is 0 Å². The summed E-state index contributed by atoms with van der Waals surface area (Å²) in [6.07, 6.45) is 0.751. The second-order valence-electron chi connectivity index (χ2n) is 8.06. The minimum Gasteiger partial charge on any atom is -0.330 e. The molecule has 1 N–H and O–H groups in total. The van der Waals surface area contributed by atoms with Crippen LogP contribution in [0.2, 0.25) is 0 Å². The van der Waals surface area contributed by atoms with E-state index < -0.39 is 44.8 Å². The third kappa shape index (κ3) is 4.06. The number of nitrogens with zero attached hydrogens (tertiary/aromatic N) is 2. The van der Waals surface area contributed by atoms with Crippen molar-refractivity contribution < 1.29 is 31.2 Å². The molecule has 0 fully saturated rings. The maximum Gasteiger partial charge on any atom is 0.416 e. The van der Waals surface area contributed by atoms with Crippen LogP contribution < -0.4 is 10.2 Å². The molecule has 172 valence electrons. The van der Waals surface area contributed by atoms with E-state index in [0.717, 1.165) is 23.3 Å². The van der Waals surface area contributed by atoms with Crippen LogP contribution in [0, 0.1) is 17.2 Å². The first-order valence-corrected chi connectivity index (χ1v) is 11.9. The van der Waals surface area contributed by atoms with Crippen molar-refractivity contribution in [3.8, 4) is 6.07 Å². The second-order valence-corrected chi connectivity index (χ2v) is 10.3. The highest BCUT2D eigenvalue weighted by atomic mass is 32.2. The van der Waals surface area contributed by atoms with Gasteiger partial charge in [0, 0.05) is 35.4 Å². The number of anilines is 1. The first-order chi connectivity index (χ1) is 15.4. The molecule has 0 spiro atoms. The van der Waals surface area contributed by atoms with Crippen molar-refractivity contribution in [2.24, 2.45) is 5.92 Å². The van der Waals surface area contributed by atoms with Gasteiger partial charge in [0.15, 0.2) is 15.6 Å². The van der Waals surface area contributed by atoms with Crippen molar-refractivity contribution in [1.82, 2.24) is 5.32 Å². The van der Waals surface area contributed by atoms with E-state index in [4.69, 9.17) is 5.26 Å². The predicted octanol–water partition coefficient (Wildman–Crippen LogP) is 3.27. The van der Waals surface area contributed by atoms with Gasteiger partial charge >= 0.3 is 12.2 Å². The van der Waals surface area contributed by atoms with E-state index in [1.165, 1.54) is 30.4 Å². The topological polar surface area (TPSA) is 107 Å². The minimum atomic E-state index is -4.62. The van der Waals surface area contributed by atoms with Gasteiger partial charge in [-0.1, -0.05) is 12.1 Å². The first-order valence-electron chi connectivity index (χ1n) is 9.95. The molecule has 7 nitrogen and oxygen atoms in total. The Kier molecular flexibility index (Phi) is 5.44. The molecule has 1 aromatic rings. The highest BCUT2D eigenvalue weighted by Gasteiger charge is 2.47. The number of Topliss-reactive ketones (excluding diaryl/α,β-unsaturated/α-hetero) is 1. The quantitative estimate of drug-likeness (QED) is 0.719. The summed E-state index contributed by atoms with van der Waals surface area (Å²) < 4.78 is 64.5. The minimum absolute atomic E-state index is 0.0465. The monoisotopic (exact) mass is 477 g/mol. The van der Waals surface area contributed by atoms with Crippen molar-refractivity contribution in [1.29, 1.82) is 5.26 Å². The van der Waals surface area contributed by atoms with Crippen LogP contribution in [-0.2, 0) is 20.8 Å². The number of carbonyl (C=O) groups excluding carboxylic acids is 2. The van der Waals surface area contributed by atoms with Gasteiger partial charge in [-0.15, -0.1) is 0 Å². The number of hydrogen-bond acceptors (Lipinski definition) is 5. The molecular formula is C22H18F3N3O4S. The Morgan fingerprint density at radius 1 is 1.21 bits per heavy atom. The van der Waals surface area contributed by atoms with Crippen LogP contribution in [-0.4, -0.2) is 37.8 Å². The lowest BCUT2D eigenvalue weighted by molar-refractivity contribution is -0.137. The zero-order valence-electron chi connectivity index (χ0n) is 17.3. The van der Waals surface area contributed by atoms with Crippen LogP contribution in [0.25, 0.3) is 0 Å². The Morgan fingerprint density at radius 2 is 1.94 bits per heavy atom. The molecule has 1 heterocycles. The summed E-state index contributed by atoms with van der Waals surface area (Å²) >= 11 is 0. The fourth-order valence-electron chi connectivity index (χ4n) is 4.48. The summed E-state index contributed by atoms with van der Waals surface area (Å²) in [5.74, 6) is -1.18. The van der Waals surface area contributed by atoms with E-state index in [9.17, 15) is 31.2 Å². The summed E-state index contributed by atoms with van der Waals surface area (Å²) in [5.41, 5.74) is -0.425. The first kappa shape index (κ1) is 22.8. The maximum atomic E-state index is 13.2. The van der Waals surface area contributed by atoms with Crippen molar-refractivity contribution in [2.45, 2.75) is 30.3 Å². The largest absolute Gasteiger partial charge is 0.416 e. The number of allylic oxidation sites excluding steroid dienone is 3. The number of nitriles is 1. The Labute approximate surface area is 187 Å². The summed E-state index contributed by atoms with van der Waals surface area (Å²) in [4.78, 5) is 26.9. The molecule has 0 saturated carbocycles. The van der Waals surface area contributed by atoms with E-state index in [2.05, 4.69) is 5.32 Å². The molecule has 0 radical (unpaired) electrons. The lowest BCUT2D eigenvalue weighted by atomic mass is 9.84. The third-order valence-corrected chi connectivity index (χ3v) is 7.36. The standard InChI is InChI=1S/C22H18F3N3O4S/c1-33(31,32)18-9-12(11-26)5-6-15(18)20-19-16(7-8-17(19)29)28(21(30)27-20)14-4-2-3-13(10-14)22(23,24)25/h2-6,9-10,15,18,20H,7-8H2,1H3,(H,27,30)/t15?,18?,20-/m0/s1. The van der Waals surface area contributed by atoms with Crippen molar-refractivity contribution in [2.75, 3.05) is 11.2 Å². The molecule has 33 heavy (non-hydrogen) atoms. The SMILES string of the molecule is CS(=O)(=O)C1C=C(C#N)C=CC1[C@@H]1NC(=O)N(c2cccc(C(F)(F)F)c2)C2=C1C(=O)CC2. The number of urea groups is 1. The molecule has 4 rings (SSSR count). The second kappa shape index (κ2) is 7.88. The van der Waals surface area contributed by atoms with E-state index in [1.54, 1.807) is 0 Å². The zero-order valence-corrected chi connectivity index (χ0v) is 18.1. The number of alkyl halides is 3. The van der Waals surface area contributed by atoms with Crippen LogP contribution in [0.3, 0.4) is 0 Å². The molecule has 2 amide bonds. The van der Waals surface area contributed by atoms with Crippen molar-refractivity contribution >= 4 is 27.3 Å². The summed E-state index contributed by atoms with van der Waals surface area (Å²) in [6.45, 7) is 0. The van der Waals surface area contributed by atoms with Crippen LogP contribution in [0.4, 0.5) is 23.7 Å². The number of halogens is 3. The number of benzene rings is 1. The smallest absolute Gasteiger partial charge is 0.330 e. The summed E-state index contributed by atoms with van der Waals surface area (Å²) in [5, 5.41) is 10.6. The Balaban J connectivity index is 1.81. The zero-order chi connectivity index (χ0) is 24.1. The molecule has 1 aromatic carbocycles. The van der Waals surface area contributed by atoms with Gasteiger partial charge in [0.1, 0.15) is 0 Å². The van der Waals surface area contributed by atoms with Gasteiger partial charge in [-0.3, -0.25) is 9.69 Å². The number of ketones is 1. The van der Waals surface area contributed by atoms with Gasteiger partial charge in [-0.05, 0) is 36.8 Å². The van der Waals surface area contributed by atoms with E-state index in [1.807, 2.05) is 6.07 Å². The molecule has 1 aliphatic heterocycles. The highest BCUT2D eigenvalue weighted by Crippen LogP contribution is 2.41. The highest BCUT2D eigenvalue weighted by molar-refractivity contribution is 7.91. The molecule has 2 unspecified atom stereocenters. The van der Waals surface area contributed by atoms with Crippen molar-refractivity contribution in [3.63, 3.8) is 0 Å². The van der Waals surface area contributed by atoms with Crippen LogP contribution in [0.1, 0.15) is 18.4 Å². The molecule has 3 atom stereocenters.